The van der Waals surface area contributed by atoms with Crippen molar-refractivity contribution in [3.05, 3.63) is 0 Å². The van der Waals surface area contributed by atoms with Gasteiger partial charge in [-0.05, 0) is 33.1 Å². The molecule has 3 N–H and O–H groups in total. The predicted octanol–water partition coefficient (Wildman–Crippen LogP) is 1.67. The van der Waals surface area contributed by atoms with Gasteiger partial charge in [-0.1, -0.05) is 20.3 Å². The summed E-state index contributed by atoms with van der Waals surface area (Å²) in [6.45, 7) is 12.0. The summed E-state index contributed by atoms with van der Waals surface area (Å²) in [5, 5.41) is 14.6. The summed E-state index contributed by atoms with van der Waals surface area (Å²) in [6, 6.07) is 0.0243. The molecular formula is C17H33N3O4. The Kier molecular flexibility index (Phi) is 7.96. The lowest BCUT2D eigenvalue weighted by molar-refractivity contribution is -0.142. The molecule has 1 aliphatic rings. The molecule has 7 heteroatoms. The van der Waals surface area contributed by atoms with E-state index in [-0.39, 0.29) is 30.3 Å². The van der Waals surface area contributed by atoms with Gasteiger partial charge in [-0.2, -0.15) is 0 Å². The topological polar surface area (TPSA) is 90.9 Å². The second-order valence-corrected chi connectivity index (χ2v) is 7.81. The van der Waals surface area contributed by atoms with Crippen molar-refractivity contribution in [1.29, 1.82) is 0 Å². The highest BCUT2D eigenvalue weighted by atomic mass is 16.5. The summed E-state index contributed by atoms with van der Waals surface area (Å²) in [5.41, 5.74) is -0.275. The number of hydrogen-bond acceptors (Lipinski definition) is 4. The van der Waals surface area contributed by atoms with E-state index < -0.39 is 5.97 Å². The van der Waals surface area contributed by atoms with Crippen molar-refractivity contribution >= 4 is 12.0 Å². The summed E-state index contributed by atoms with van der Waals surface area (Å²) < 4.78 is 5.29. The zero-order valence-electron chi connectivity index (χ0n) is 15.6. The lowest BCUT2D eigenvalue weighted by atomic mass is 10.1. The molecule has 1 rings (SSSR count). The third-order valence-electron chi connectivity index (χ3n) is 4.13. The molecule has 1 fully saturated rings. The van der Waals surface area contributed by atoms with Crippen LogP contribution >= 0.6 is 0 Å². The minimum Gasteiger partial charge on any atom is -0.480 e. The molecule has 0 radical (unpaired) electrons. The quantitative estimate of drug-likeness (QED) is 0.624. The van der Waals surface area contributed by atoms with Crippen molar-refractivity contribution in [2.45, 2.75) is 65.1 Å². The van der Waals surface area contributed by atoms with Crippen LogP contribution in [0.3, 0.4) is 0 Å². The smallest absolute Gasteiger partial charge is 0.329 e. The van der Waals surface area contributed by atoms with Crippen molar-refractivity contribution in [1.82, 2.24) is 15.5 Å². The Labute approximate surface area is 145 Å². The Morgan fingerprint density at radius 1 is 1.38 bits per heavy atom. The highest BCUT2D eigenvalue weighted by molar-refractivity contribution is 5.75. The van der Waals surface area contributed by atoms with Gasteiger partial charge in [0.1, 0.15) is 6.61 Å². The molecule has 0 aromatic carbocycles. The van der Waals surface area contributed by atoms with E-state index in [0.29, 0.717) is 12.5 Å². The second-order valence-electron chi connectivity index (χ2n) is 7.81. The Hall–Kier alpha value is -1.34. The van der Waals surface area contributed by atoms with E-state index in [4.69, 9.17) is 9.84 Å². The minimum atomic E-state index is -0.958. The van der Waals surface area contributed by atoms with Crippen LogP contribution in [0, 0.1) is 5.92 Å². The third kappa shape index (κ3) is 7.97. The number of nitrogens with one attached hydrogen (secondary N) is 2. The number of amides is 2. The number of aliphatic carboxylic acids is 1. The fourth-order valence-corrected chi connectivity index (χ4v) is 2.86. The minimum absolute atomic E-state index is 0.0508. The SMILES string of the molecule is CC[C@H](C)CN1C[C@H](NC(=O)NC(C)(C)C)C[C@@H]1COCC(=O)O. The number of urea groups is 1. The van der Waals surface area contributed by atoms with Crippen LogP contribution in [0.2, 0.25) is 0 Å². The van der Waals surface area contributed by atoms with Gasteiger partial charge < -0.3 is 20.5 Å². The maximum Gasteiger partial charge on any atom is 0.329 e. The summed E-state index contributed by atoms with van der Waals surface area (Å²) in [4.78, 5) is 25.0. The second kappa shape index (κ2) is 9.22. The fraction of sp³-hybridized carbons (Fsp3) is 0.882. The highest BCUT2D eigenvalue weighted by Gasteiger charge is 2.34. The molecule has 0 aliphatic carbocycles. The third-order valence-corrected chi connectivity index (χ3v) is 4.13. The van der Waals surface area contributed by atoms with Crippen LogP contribution in [0.4, 0.5) is 4.79 Å². The Morgan fingerprint density at radius 2 is 2.04 bits per heavy atom. The number of hydrogen-bond donors (Lipinski definition) is 3. The number of rotatable bonds is 8. The summed E-state index contributed by atoms with van der Waals surface area (Å²) in [5.74, 6) is -0.408. The van der Waals surface area contributed by atoms with Crippen LogP contribution in [0.1, 0.15) is 47.5 Å². The van der Waals surface area contributed by atoms with Gasteiger partial charge in [0.2, 0.25) is 0 Å². The molecule has 0 aromatic heterocycles. The number of likely N-dealkylation sites (tertiary alicyclic amines) is 1. The first-order valence-electron chi connectivity index (χ1n) is 8.73. The van der Waals surface area contributed by atoms with Crippen LogP contribution < -0.4 is 10.6 Å². The number of carbonyl (C=O) groups is 2. The Balaban J connectivity index is 2.57. The van der Waals surface area contributed by atoms with E-state index >= 15 is 0 Å². The molecule has 7 nitrogen and oxygen atoms in total. The maximum atomic E-state index is 12.1. The van der Waals surface area contributed by atoms with Crippen LogP contribution in [-0.4, -0.2) is 65.9 Å². The lowest BCUT2D eigenvalue weighted by Gasteiger charge is -2.26. The van der Waals surface area contributed by atoms with E-state index in [1.807, 2.05) is 20.8 Å². The zero-order chi connectivity index (χ0) is 18.3. The van der Waals surface area contributed by atoms with Crippen molar-refractivity contribution in [2.75, 3.05) is 26.3 Å². The van der Waals surface area contributed by atoms with Crippen molar-refractivity contribution in [3.8, 4) is 0 Å². The molecule has 0 aromatic rings. The first kappa shape index (κ1) is 20.7. The molecule has 1 heterocycles. The summed E-state index contributed by atoms with van der Waals surface area (Å²) in [7, 11) is 0. The normalized spacial score (nSPS) is 23.0. The maximum absolute atomic E-state index is 12.1. The number of ether oxygens (including phenoxy) is 1. The molecule has 24 heavy (non-hydrogen) atoms. The van der Waals surface area contributed by atoms with Crippen LogP contribution in [0.25, 0.3) is 0 Å². The largest absolute Gasteiger partial charge is 0.480 e. The first-order chi connectivity index (χ1) is 11.1. The van der Waals surface area contributed by atoms with Gasteiger partial charge in [-0.25, -0.2) is 9.59 Å². The highest BCUT2D eigenvalue weighted by Crippen LogP contribution is 2.21. The molecular weight excluding hydrogens is 310 g/mol. The van der Waals surface area contributed by atoms with Crippen molar-refractivity contribution in [2.24, 2.45) is 5.92 Å². The zero-order valence-corrected chi connectivity index (χ0v) is 15.6. The monoisotopic (exact) mass is 343 g/mol. The lowest BCUT2D eigenvalue weighted by Crippen LogP contribution is -2.50. The van der Waals surface area contributed by atoms with Gasteiger partial charge in [0.25, 0.3) is 0 Å². The van der Waals surface area contributed by atoms with Crippen molar-refractivity contribution in [3.63, 3.8) is 0 Å². The predicted molar refractivity (Wildman–Crippen MR) is 93.1 cm³/mol. The number of carboxylic acid groups (broad SMARTS) is 1. The van der Waals surface area contributed by atoms with Crippen LogP contribution in [-0.2, 0) is 9.53 Å². The molecule has 0 spiro atoms. The van der Waals surface area contributed by atoms with E-state index in [1.165, 1.54) is 0 Å². The first-order valence-corrected chi connectivity index (χ1v) is 8.73. The molecule has 1 aliphatic heterocycles. The van der Waals surface area contributed by atoms with Gasteiger partial charge in [0, 0.05) is 30.7 Å². The molecule has 1 saturated heterocycles. The van der Waals surface area contributed by atoms with E-state index in [9.17, 15) is 9.59 Å². The standard InChI is InChI=1S/C17H33N3O4/c1-6-12(2)8-20-9-13(18-16(23)19-17(3,4)5)7-14(20)10-24-11-15(21)22/h12-14H,6-11H2,1-5H3,(H,21,22)(H2,18,19,23)/t12-,13+,14+/m0/s1. The van der Waals surface area contributed by atoms with Crippen LogP contribution in [0.15, 0.2) is 0 Å². The molecule has 0 unspecified atom stereocenters. The number of carbonyl (C=O) groups excluding carboxylic acids is 1. The average Bonchev–Trinajstić information content (AvgIpc) is 2.77. The Morgan fingerprint density at radius 3 is 2.58 bits per heavy atom. The van der Waals surface area contributed by atoms with E-state index in [1.54, 1.807) is 0 Å². The van der Waals surface area contributed by atoms with E-state index in [2.05, 4.69) is 29.4 Å². The molecule has 3 atom stereocenters. The van der Waals surface area contributed by atoms with Gasteiger partial charge in [0.15, 0.2) is 0 Å². The van der Waals surface area contributed by atoms with Gasteiger partial charge in [0.05, 0.1) is 6.61 Å². The molecule has 0 bridgehead atoms. The summed E-state index contributed by atoms with van der Waals surface area (Å²) in [6.07, 6.45) is 1.86. The fourth-order valence-electron chi connectivity index (χ4n) is 2.86. The Bertz CT molecular complexity index is 423. The number of nitrogens with zero attached hydrogens (tertiary/aromatic N) is 1. The summed E-state index contributed by atoms with van der Waals surface area (Å²) >= 11 is 0. The number of carboxylic acids is 1. The molecule has 140 valence electrons. The van der Waals surface area contributed by atoms with Gasteiger partial charge in [-0.15, -0.1) is 0 Å². The average molecular weight is 343 g/mol. The van der Waals surface area contributed by atoms with E-state index in [0.717, 1.165) is 25.9 Å². The molecule has 2 amide bonds. The van der Waals surface area contributed by atoms with Gasteiger partial charge in [-0.3, -0.25) is 4.90 Å². The van der Waals surface area contributed by atoms with Gasteiger partial charge >= 0.3 is 12.0 Å². The van der Waals surface area contributed by atoms with Crippen LogP contribution in [0.5, 0.6) is 0 Å². The molecule has 0 saturated carbocycles. The van der Waals surface area contributed by atoms with Crippen molar-refractivity contribution < 1.29 is 19.4 Å².